The lowest BCUT2D eigenvalue weighted by Gasteiger charge is -2.27. The minimum atomic E-state index is 0.0162. The lowest BCUT2D eigenvalue weighted by atomic mass is 10.1. The van der Waals surface area contributed by atoms with Gasteiger partial charge in [-0.3, -0.25) is 0 Å². The Morgan fingerprint density at radius 3 is 2.48 bits per heavy atom. The largest absolute Gasteiger partial charge is 0.486 e. The van der Waals surface area contributed by atoms with Gasteiger partial charge in [-0.25, -0.2) is 0 Å². The van der Waals surface area contributed by atoms with Crippen LogP contribution in [-0.2, 0) is 6.42 Å². The van der Waals surface area contributed by atoms with Gasteiger partial charge < -0.3 is 18.9 Å². The van der Waals surface area contributed by atoms with Crippen LogP contribution in [0.4, 0.5) is 0 Å². The Labute approximate surface area is 123 Å². The summed E-state index contributed by atoms with van der Waals surface area (Å²) in [6.07, 6.45) is 0.799. The number of ether oxygens (including phenoxy) is 4. The number of fused-ring (bicyclic) bond motifs is 2. The molecule has 0 spiro atoms. The molecule has 0 saturated carbocycles. The molecule has 0 radical (unpaired) electrons. The molecule has 2 aliphatic rings. The molecule has 0 saturated heterocycles. The van der Waals surface area contributed by atoms with Crippen LogP contribution in [0.25, 0.3) is 0 Å². The maximum Gasteiger partial charge on any atom is 0.161 e. The molecule has 2 aromatic carbocycles. The molecule has 108 valence electrons. The van der Waals surface area contributed by atoms with Gasteiger partial charge in [0.2, 0.25) is 0 Å². The van der Waals surface area contributed by atoms with E-state index in [0.29, 0.717) is 19.8 Å². The molecule has 1 unspecified atom stereocenters. The third kappa shape index (κ3) is 2.49. The summed E-state index contributed by atoms with van der Waals surface area (Å²) in [6.45, 7) is 1.78. The van der Waals surface area contributed by atoms with Gasteiger partial charge in [0.05, 0.1) is 0 Å². The molecule has 0 bridgehead atoms. The fourth-order valence-corrected chi connectivity index (χ4v) is 2.64. The molecule has 0 amide bonds. The van der Waals surface area contributed by atoms with Gasteiger partial charge in [-0.05, 0) is 29.8 Å². The summed E-state index contributed by atoms with van der Waals surface area (Å²) in [5.74, 6) is 3.26. The molecule has 2 aromatic rings. The molecule has 4 nitrogen and oxygen atoms in total. The van der Waals surface area contributed by atoms with Crippen molar-refractivity contribution in [3.05, 3.63) is 48.0 Å². The number of para-hydroxylation sites is 2. The summed E-state index contributed by atoms with van der Waals surface area (Å²) < 4.78 is 22.9. The minimum Gasteiger partial charge on any atom is -0.486 e. The smallest absolute Gasteiger partial charge is 0.161 e. The van der Waals surface area contributed by atoms with Crippen LogP contribution in [0.3, 0.4) is 0 Å². The SMILES string of the molecule is c1ccc2c(c1)OCC(Cc1ccc3c(c1)OCCO3)O2. The second-order valence-electron chi connectivity index (χ2n) is 5.18. The van der Waals surface area contributed by atoms with E-state index < -0.39 is 0 Å². The number of hydrogen-bond donors (Lipinski definition) is 0. The van der Waals surface area contributed by atoms with Gasteiger partial charge in [0.1, 0.15) is 25.9 Å². The Morgan fingerprint density at radius 2 is 1.57 bits per heavy atom. The first-order valence-corrected chi connectivity index (χ1v) is 7.15. The number of benzene rings is 2. The van der Waals surface area contributed by atoms with Crippen LogP contribution in [0, 0.1) is 0 Å². The topological polar surface area (TPSA) is 36.9 Å². The van der Waals surface area contributed by atoms with E-state index in [4.69, 9.17) is 18.9 Å². The van der Waals surface area contributed by atoms with Gasteiger partial charge in [-0.15, -0.1) is 0 Å². The lowest BCUT2D eigenvalue weighted by molar-refractivity contribution is 0.0911. The fourth-order valence-electron chi connectivity index (χ4n) is 2.64. The van der Waals surface area contributed by atoms with E-state index in [1.807, 2.05) is 36.4 Å². The molecule has 2 aliphatic heterocycles. The van der Waals surface area contributed by atoms with E-state index in [0.717, 1.165) is 35.0 Å². The highest BCUT2D eigenvalue weighted by atomic mass is 16.6. The van der Waals surface area contributed by atoms with Crippen molar-refractivity contribution >= 4 is 0 Å². The Hall–Kier alpha value is -2.36. The first-order valence-electron chi connectivity index (χ1n) is 7.15. The van der Waals surface area contributed by atoms with Crippen LogP contribution in [0.2, 0.25) is 0 Å². The number of rotatable bonds is 2. The fraction of sp³-hybridized carbons (Fsp3) is 0.294. The maximum absolute atomic E-state index is 5.98. The maximum atomic E-state index is 5.98. The first kappa shape index (κ1) is 12.4. The summed E-state index contributed by atoms with van der Waals surface area (Å²) in [6, 6.07) is 13.8. The van der Waals surface area contributed by atoms with Crippen LogP contribution >= 0.6 is 0 Å². The minimum absolute atomic E-state index is 0.0162. The molecule has 21 heavy (non-hydrogen) atoms. The van der Waals surface area contributed by atoms with Crippen LogP contribution in [0.1, 0.15) is 5.56 Å². The molecule has 1 atom stereocenters. The van der Waals surface area contributed by atoms with Gasteiger partial charge in [-0.2, -0.15) is 0 Å². The average Bonchev–Trinajstić information content (AvgIpc) is 2.55. The Kier molecular flexibility index (Phi) is 3.07. The van der Waals surface area contributed by atoms with E-state index in [-0.39, 0.29) is 6.10 Å². The summed E-state index contributed by atoms with van der Waals surface area (Å²) >= 11 is 0. The van der Waals surface area contributed by atoms with Gasteiger partial charge in [0.15, 0.2) is 23.0 Å². The van der Waals surface area contributed by atoms with E-state index in [1.54, 1.807) is 0 Å². The third-order valence-electron chi connectivity index (χ3n) is 3.64. The molecular weight excluding hydrogens is 268 g/mol. The zero-order valence-electron chi connectivity index (χ0n) is 11.6. The highest BCUT2D eigenvalue weighted by Gasteiger charge is 2.21. The molecule has 4 heteroatoms. The molecule has 0 aromatic heterocycles. The van der Waals surface area contributed by atoms with E-state index in [2.05, 4.69) is 6.07 Å². The van der Waals surface area contributed by atoms with Crippen LogP contribution in [-0.4, -0.2) is 25.9 Å². The van der Waals surface area contributed by atoms with Crippen molar-refractivity contribution in [3.63, 3.8) is 0 Å². The van der Waals surface area contributed by atoms with Crippen LogP contribution < -0.4 is 18.9 Å². The standard InChI is InChI=1S/C17H16O4/c1-2-4-16-14(3-1)20-11-13(21-16)9-12-5-6-15-17(10-12)19-8-7-18-15/h1-6,10,13H,7-9,11H2. The van der Waals surface area contributed by atoms with Crippen molar-refractivity contribution in [2.24, 2.45) is 0 Å². The average molecular weight is 284 g/mol. The second-order valence-corrected chi connectivity index (χ2v) is 5.18. The highest BCUT2D eigenvalue weighted by molar-refractivity contribution is 5.44. The summed E-state index contributed by atoms with van der Waals surface area (Å²) in [5, 5.41) is 0. The zero-order valence-corrected chi connectivity index (χ0v) is 11.6. The van der Waals surface area contributed by atoms with Crippen LogP contribution in [0.5, 0.6) is 23.0 Å². The first-order chi connectivity index (χ1) is 10.4. The van der Waals surface area contributed by atoms with Crippen molar-refractivity contribution in [2.45, 2.75) is 12.5 Å². The van der Waals surface area contributed by atoms with E-state index >= 15 is 0 Å². The number of hydrogen-bond acceptors (Lipinski definition) is 4. The predicted molar refractivity (Wildman–Crippen MR) is 77.5 cm³/mol. The highest BCUT2D eigenvalue weighted by Crippen LogP contribution is 2.34. The summed E-state index contributed by atoms with van der Waals surface area (Å²) in [7, 11) is 0. The normalized spacial score (nSPS) is 19.1. The second kappa shape index (κ2) is 5.20. The van der Waals surface area contributed by atoms with Gasteiger partial charge in [0.25, 0.3) is 0 Å². The molecule has 4 rings (SSSR count). The molecule has 0 fully saturated rings. The van der Waals surface area contributed by atoms with Crippen LogP contribution in [0.15, 0.2) is 42.5 Å². The van der Waals surface area contributed by atoms with Crippen molar-refractivity contribution in [1.29, 1.82) is 0 Å². The van der Waals surface area contributed by atoms with Gasteiger partial charge in [0, 0.05) is 6.42 Å². The quantitative estimate of drug-likeness (QED) is 0.849. The Bertz CT molecular complexity index is 653. The van der Waals surface area contributed by atoms with Crippen molar-refractivity contribution in [2.75, 3.05) is 19.8 Å². The zero-order chi connectivity index (χ0) is 14.1. The summed E-state index contributed by atoms with van der Waals surface area (Å²) in [5.41, 5.74) is 1.16. The molecule has 0 N–H and O–H groups in total. The monoisotopic (exact) mass is 284 g/mol. The van der Waals surface area contributed by atoms with Crippen molar-refractivity contribution < 1.29 is 18.9 Å². The van der Waals surface area contributed by atoms with Crippen molar-refractivity contribution in [3.8, 4) is 23.0 Å². The molecule has 0 aliphatic carbocycles. The third-order valence-corrected chi connectivity index (χ3v) is 3.64. The van der Waals surface area contributed by atoms with Crippen molar-refractivity contribution in [1.82, 2.24) is 0 Å². The molecular formula is C17H16O4. The summed E-state index contributed by atoms with van der Waals surface area (Å²) in [4.78, 5) is 0. The van der Waals surface area contributed by atoms with E-state index in [9.17, 15) is 0 Å². The Balaban J connectivity index is 1.50. The lowest BCUT2D eigenvalue weighted by Crippen LogP contribution is -2.31. The predicted octanol–water partition coefficient (Wildman–Crippen LogP) is 2.84. The van der Waals surface area contributed by atoms with Gasteiger partial charge >= 0.3 is 0 Å². The molecule has 2 heterocycles. The Morgan fingerprint density at radius 1 is 0.810 bits per heavy atom. The van der Waals surface area contributed by atoms with Gasteiger partial charge in [-0.1, -0.05) is 18.2 Å². The van der Waals surface area contributed by atoms with E-state index in [1.165, 1.54) is 0 Å².